The Morgan fingerprint density at radius 2 is 1.97 bits per heavy atom. The predicted molar refractivity (Wildman–Crippen MR) is 126 cm³/mol. The molecule has 1 N–H and O–H groups in total. The molecule has 2 heterocycles. The number of benzene rings is 1. The molecule has 1 fully saturated rings. The lowest BCUT2D eigenvalue weighted by Gasteiger charge is -2.41. The second kappa shape index (κ2) is 10.1. The van der Waals surface area contributed by atoms with E-state index in [-0.39, 0.29) is 11.2 Å². The average Bonchev–Trinajstić information content (AvgIpc) is 2.73. The Morgan fingerprint density at radius 3 is 2.57 bits per heavy atom. The van der Waals surface area contributed by atoms with Gasteiger partial charge < -0.3 is 15.1 Å². The zero-order valence-electron chi connectivity index (χ0n) is 17.5. The Hall–Kier alpha value is -1.67. The van der Waals surface area contributed by atoms with E-state index in [2.05, 4.69) is 22.2 Å². The van der Waals surface area contributed by atoms with Gasteiger partial charge in [0.15, 0.2) is 0 Å². The maximum atomic E-state index is 12.8. The summed E-state index contributed by atoms with van der Waals surface area (Å²) in [6.07, 6.45) is 2.67. The summed E-state index contributed by atoms with van der Waals surface area (Å²) in [4.78, 5) is 19.5. The molecule has 2 aromatic rings. The number of carbonyl (C=O) groups excluding carboxylic acids is 1. The summed E-state index contributed by atoms with van der Waals surface area (Å²) in [6, 6.07) is 7.14. The second-order valence-corrected chi connectivity index (χ2v) is 8.74. The molecule has 1 saturated heterocycles. The van der Waals surface area contributed by atoms with Crippen LogP contribution in [0.15, 0.2) is 24.3 Å². The number of hydrogen-bond acceptors (Lipinski definition) is 7. The Balaban J connectivity index is 1.86. The predicted octanol–water partition coefficient (Wildman–Crippen LogP) is 4.68. The number of carbonyl (C=O) groups is 1. The highest BCUT2D eigenvalue weighted by molar-refractivity contribution is 8.13. The number of rotatable bonds is 6. The molecule has 1 aliphatic rings. The van der Waals surface area contributed by atoms with Crippen LogP contribution in [0.4, 0.5) is 11.4 Å². The van der Waals surface area contributed by atoms with Gasteiger partial charge in [-0.1, -0.05) is 41.9 Å². The molecular formula is C21H26Cl2N4O2S. The van der Waals surface area contributed by atoms with Crippen molar-refractivity contribution < 1.29 is 9.53 Å². The maximum Gasteiger partial charge on any atom is 0.238 e. The van der Waals surface area contributed by atoms with E-state index in [1.54, 1.807) is 19.4 Å². The van der Waals surface area contributed by atoms with E-state index in [0.717, 1.165) is 29.1 Å². The van der Waals surface area contributed by atoms with Gasteiger partial charge in [-0.05, 0) is 49.4 Å². The maximum absolute atomic E-state index is 12.8. The van der Waals surface area contributed by atoms with Crippen molar-refractivity contribution in [2.45, 2.75) is 26.3 Å². The van der Waals surface area contributed by atoms with Gasteiger partial charge in [0.1, 0.15) is 11.7 Å². The largest absolute Gasteiger partial charge is 0.479 e. The number of hydrogen-bond donors (Lipinski definition) is 1. The zero-order valence-corrected chi connectivity index (χ0v) is 19.9. The van der Waals surface area contributed by atoms with E-state index in [4.69, 9.17) is 27.9 Å². The monoisotopic (exact) mass is 468 g/mol. The molecule has 1 aromatic carbocycles. The lowest BCUT2D eigenvalue weighted by atomic mass is 10.1. The Morgan fingerprint density at radius 1 is 1.27 bits per heavy atom. The van der Waals surface area contributed by atoms with Crippen molar-refractivity contribution in [2.24, 2.45) is 0 Å². The number of thioether (sulfide) groups is 1. The number of nitrogens with one attached hydrogen (secondary N) is 1. The summed E-state index contributed by atoms with van der Waals surface area (Å²) in [6.45, 7) is 5.92. The fourth-order valence-corrected chi connectivity index (χ4v) is 4.57. The van der Waals surface area contributed by atoms with Crippen LogP contribution in [0, 0.1) is 6.92 Å². The van der Waals surface area contributed by atoms with Crippen LogP contribution in [-0.2, 0) is 11.2 Å². The van der Waals surface area contributed by atoms with E-state index in [1.807, 2.05) is 30.1 Å². The van der Waals surface area contributed by atoms with E-state index >= 15 is 0 Å². The fraction of sp³-hybridized carbons (Fsp3) is 0.429. The van der Waals surface area contributed by atoms with Crippen molar-refractivity contribution in [2.75, 3.05) is 43.3 Å². The van der Waals surface area contributed by atoms with Crippen LogP contribution in [0.1, 0.15) is 18.2 Å². The number of piperazine rings is 1. The molecule has 0 bridgehead atoms. The number of aryl methyl sites for hydroxylation is 2. The minimum absolute atomic E-state index is 0.0788. The third kappa shape index (κ3) is 5.14. The number of halogens is 2. The van der Waals surface area contributed by atoms with Gasteiger partial charge >= 0.3 is 0 Å². The summed E-state index contributed by atoms with van der Waals surface area (Å²) in [5.74, 6) is 0.518. The van der Waals surface area contributed by atoms with Crippen LogP contribution in [0.3, 0.4) is 0 Å². The van der Waals surface area contributed by atoms with Crippen molar-refractivity contribution in [3.05, 3.63) is 45.6 Å². The van der Waals surface area contributed by atoms with Crippen molar-refractivity contribution >= 4 is 51.5 Å². The molecule has 0 saturated carbocycles. The van der Waals surface area contributed by atoms with Crippen molar-refractivity contribution in [3.8, 4) is 5.88 Å². The number of nitrogens with zero attached hydrogens (tertiary/aromatic N) is 3. The minimum atomic E-state index is -0.359. The quantitative estimate of drug-likeness (QED) is 0.660. The first-order valence-corrected chi connectivity index (χ1v) is 11.7. The standard InChI is InChI=1S/C21H26Cl2N4O2S/c1-5-14-8-18(20(29-3)24-13(14)2)25-27-7-6-26(12-19(27)21(28)30-4)17-10-15(22)9-16(23)11-17/h8-11,19,25H,5-7,12H2,1-4H3. The van der Waals surface area contributed by atoms with Gasteiger partial charge in [-0.25, -0.2) is 9.99 Å². The summed E-state index contributed by atoms with van der Waals surface area (Å²) >= 11 is 13.6. The molecule has 6 nitrogen and oxygen atoms in total. The number of hydrazine groups is 1. The molecule has 1 unspecified atom stereocenters. The number of ether oxygens (including phenoxy) is 1. The van der Waals surface area contributed by atoms with Gasteiger partial charge in [-0.15, -0.1) is 0 Å². The van der Waals surface area contributed by atoms with Gasteiger partial charge in [0.05, 0.1) is 7.11 Å². The van der Waals surface area contributed by atoms with Crippen molar-refractivity contribution in [1.29, 1.82) is 0 Å². The van der Waals surface area contributed by atoms with E-state index in [9.17, 15) is 4.79 Å². The topological polar surface area (TPSA) is 57.7 Å². The molecule has 0 aliphatic carbocycles. The fourth-order valence-electron chi connectivity index (χ4n) is 3.58. The molecule has 0 amide bonds. The minimum Gasteiger partial charge on any atom is -0.479 e. The van der Waals surface area contributed by atoms with Crippen LogP contribution < -0.4 is 15.1 Å². The van der Waals surface area contributed by atoms with E-state index < -0.39 is 0 Å². The van der Waals surface area contributed by atoms with Gasteiger partial charge in [0, 0.05) is 41.1 Å². The van der Waals surface area contributed by atoms with Gasteiger partial charge in [-0.2, -0.15) is 0 Å². The van der Waals surface area contributed by atoms with Crippen LogP contribution in [0.25, 0.3) is 0 Å². The summed E-state index contributed by atoms with van der Waals surface area (Å²) in [5, 5.41) is 3.20. The molecular weight excluding hydrogens is 443 g/mol. The third-order valence-corrected chi connectivity index (χ3v) is 6.30. The Bertz CT molecular complexity index is 908. The number of aromatic nitrogens is 1. The molecule has 9 heteroatoms. The van der Waals surface area contributed by atoms with E-state index in [0.29, 0.717) is 35.6 Å². The first-order valence-electron chi connectivity index (χ1n) is 9.73. The number of anilines is 2. The first kappa shape index (κ1) is 23.0. The van der Waals surface area contributed by atoms with Gasteiger partial charge in [0.2, 0.25) is 11.0 Å². The summed E-state index contributed by atoms with van der Waals surface area (Å²) in [5.41, 5.74) is 7.15. The molecule has 3 rings (SSSR count). The third-order valence-electron chi connectivity index (χ3n) is 5.19. The second-order valence-electron chi connectivity index (χ2n) is 7.06. The summed E-state index contributed by atoms with van der Waals surface area (Å²) < 4.78 is 5.48. The van der Waals surface area contributed by atoms with E-state index in [1.165, 1.54) is 11.8 Å². The Labute approximate surface area is 191 Å². The van der Waals surface area contributed by atoms with Crippen molar-refractivity contribution in [3.63, 3.8) is 0 Å². The highest BCUT2D eigenvalue weighted by Gasteiger charge is 2.33. The molecule has 30 heavy (non-hydrogen) atoms. The average molecular weight is 469 g/mol. The molecule has 1 atom stereocenters. The van der Waals surface area contributed by atoms with Crippen molar-refractivity contribution in [1.82, 2.24) is 9.99 Å². The lowest BCUT2D eigenvalue weighted by molar-refractivity contribution is -0.115. The van der Waals surface area contributed by atoms with Crippen LogP contribution in [-0.4, -0.2) is 54.1 Å². The van der Waals surface area contributed by atoms with Crippen LogP contribution in [0.5, 0.6) is 5.88 Å². The molecule has 1 aromatic heterocycles. The normalized spacial score (nSPS) is 17.1. The zero-order chi connectivity index (χ0) is 21.8. The molecule has 162 valence electrons. The van der Waals surface area contributed by atoms with Gasteiger partial charge in [-0.3, -0.25) is 4.79 Å². The lowest BCUT2D eigenvalue weighted by Crippen LogP contribution is -2.58. The van der Waals surface area contributed by atoms with Crippen LogP contribution in [0.2, 0.25) is 10.0 Å². The van der Waals surface area contributed by atoms with Gasteiger partial charge in [0.25, 0.3) is 0 Å². The Kier molecular flexibility index (Phi) is 7.74. The molecule has 1 aliphatic heterocycles. The highest BCUT2D eigenvalue weighted by atomic mass is 35.5. The molecule has 0 spiro atoms. The first-order chi connectivity index (χ1) is 14.4. The number of pyridine rings is 1. The SMILES string of the molecule is CCc1cc(NN2CCN(c3cc(Cl)cc(Cl)c3)CC2C(=O)SC)c(OC)nc1C. The number of methoxy groups -OCH3 is 1. The van der Waals surface area contributed by atoms with Crippen LogP contribution >= 0.6 is 35.0 Å². The summed E-state index contributed by atoms with van der Waals surface area (Å²) in [7, 11) is 1.60. The molecule has 0 radical (unpaired) electrons. The highest BCUT2D eigenvalue weighted by Crippen LogP contribution is 2.30. The smallest absolute Gasteiger partial charge is 0.238 e.